The molecule has 0 spiro atoms. The normalized spacial score (nSPS) is 10.2. The van der Waals surface area contributed by atoms with E-state index in [0.717, 1.165) is 0 Å². The number of nitro groups is 1. The van der Waals surface area contributed by atoms with Crippen molar-refractivity contribution in [3.05, 3.63) is 57.1 Å². The number of carboxylic acid groups (broad SMARTS) is 1. The molecule has 0 radical (unpaired) electrons. The van der Waals surface area contributed by atoms with Gasteiger partial charge in [0.25, 0.3) is 0 Å². The minimum Gasteiger partial charge on any atom is -0.502 e. The van der Waals surface area contributed by atoms with E-state index in [-0.39, 0.29) is 10.6 Å². The van der Waals surface area contributed by atoms with Gasteiger partial charge in [-0.1, -0.05) is 41.9 Å². The molecule has 0 aliphatic heterocycles. The van der Waals surface area contributed by atoms with Crippen molar-refractivity contribution < 1.29 is 19.9 Å². The molecule has 2 aromatic rings. The minimum absolute atomic E-state index is 0.104. The molecule has 2 rings (SSSR count). The third-order valence-corrected chi connectivity index (χ3v) is 3.01. The van der Waals surface area contributed by atoms with Gasteiger partial charge in [-0.2, -0.15) is 0 Å². The number of nitrogens with zero attached hydrogens (tertiary/aromatic N) is 1. The van der Waals surface area contributed by atoms with Crippen LogP contribution in [-0.4, -0.2) is 21.1 Å². The molecule has 0 amide bonds. The second kappa shape index (κ2) is 5.18. The van der Waals surface area contributed by atoms with Gasteiger partial charge in [0.05, 0.1) is 9.95 Å². The number of aromatic carboxylic acids is 1. The van der Waals surface area contributed by atoms with Crippen molar-refractivity contribution in [3.63, 3.8) is 0 Å². The molecule has 0 aliphatic carbocycles. The van der Waals surface area contributed by atoms with Crippen LogP contribution < -0.4 is 0 Å². The highest BCUT2D eigenvalue weighted by Crippen LogP contribution is 2.42. The summed E-state index contributed by atoms with van der Waals surface area (Å²) in [7, 11) is 0. The Kier molecular flexibility index (Phi) is 3.58. The third kappa shape index (κ3) is 2.28. The maximum absolute atomic E-state index is 11.0. The van der Waals surface area contributed by atoms with Crippen LogP contribution in [0.25, 0.3) is 11.1 Å². The van der Waals surface area contributed by atoms with Gasteiger partial charge < -0.3 is 10.2 Å². The van der Waals surface area contributed by atoms with E-state index >= 15 is 0 Å². The number of benzene rings is 2. The van der Waals surface area contributed by atoms with Gasteiger partial charge in [0, 0.05) is 5.56 Å². The zero-order valence-corrected chi connectivity index (χ0v) is 10.7. The Bertz CT molecular complexity index is 700. The van der Waals surface area contributed by atoms with Gasteiger partial charge in [-0.25, -0.2) is 4.79 Å². The van der Waals surface area contributed by atoms with E-state index in [1.54, 1.807) is 30.3 Å². The fourth-order valence-corrected chi connectivity index (χ4v) is 2.12. The fraction of sp³-hybridized carbons (Fsp3) is 0. The zero-order chi connectivity index (χ0) is 14.9. The van der Waals surface area contributed by atoms with Crippen LogP contribution in [0, 0.1) is 10.1 Å². The van der Waals surface area contributed by atoms with Crippen LogP contribution in [0.3, 0.4) is 0 Å². The lowest BCUT2D eigenvalue weighted by molar-refractivity contribution is -0.386. The Labute approximate surface area is 118 Å². The summed E-state index contributed by atoms with van der Waals surface area (Å²) in [5.74, 6) is -2.29. The number of phenols is 1. The maximum atomic E-state index is 11.0. The molecule has 2 N–H and O–H groups in total. The van der Waals surface area contributed by atoms with Crippen molar-refractivity contribution in [2.75, 3.05) is 0 Å². The van der Waals surface area contributed by atoms with E-state index in [1.807, 2.05) is 0 Å². The van der Waals surface area contributed by atoms with Crippen molar-refractivity contribution in [1.29, 1.82) is 0 Å². The highest BCUT2D eigenvalue weighted by Gasteiger charge is 2.30. The number of carbonyl (C=O) groups is 1. The molecule has 0 saturated heterocycles. The number of hydrogen-bond donors (Lipinski definition) is 2. The SMILES string of the molecule is O=C(O)c1c(Cl)cc(-c2ccccc2)c(O)c1[N+](=O)[O-]. The highest BCUT2D eigenvalue weighted by atomic mass is 35.5. The number of carboxylic acids is 1. The monoisotopic (exact) mass is 293 g/mol. The van der Waals surface area contributed by atoms with Crippen LogP contribution in [0.4, 0.5) is 5.69 Å². The van der Waals surface area contributed by atoms with E-state index in [4.69, 9.17) is 16.7 Å². The van der Waals surface area contributed by atoms with Crippen LogP contribution in [-0.2, 0) is 0 Å². The van der Waals surface area contributed by atoms with E-state index in [2.05, 4.69) is 0 Å². The predicted molar refractivity (Wildman–Crippen MR) is 72.2 cm³/mol. The average Bonchev–Trinajstić information content (AvgIpc) is 2.40. The maximum Gasteiger partial charge on any atom is 0.344 e. The zero-order valence-electron chi connectivity index (χ0n) is 9.91. The van der Waals surface area contributed by atoms with Crippen LogP contribution >= 0.6 is 11.6 Å². The molecule has 0 aliphatic rings. The molecule has 102 valence electrons. The summed E-state index contributed by atoms with van der Waals surface area (Å²) in [6, 6.07) is 9.54. The molecule has 2 aromatic carbocycles. The van der Waals surface area contributed by atoms with Crippen LogP contribution in [0.1, 0.15) is 10.4 Å². The van der Waals surface area contributed by atoms with Gasteiger partial charge in [0.1, 0.15) is 0 Å². The molecule has 0 atom stereocenters. The third-order valence-electron chi connectivity index (χ3n) is 2.71. The quantitative estimate of drug-likeness (QED) is 0.668. The summed E-state index contributed by atoms with van der Waals surface area (Å²) in [4.78, 5) is 21.1. The van der Waals surface area contributed by atoms with E-state index < -0.39 is 27.9 Å². The van der Waals surface area contributed by atoms with Gasteiger partial charge in [0.15, 0.2) is 5.56 Å². The second-order valence-corrected chi connectivity index (χ2v) is 4.31. The van der Waals surface area contributed by atoms with Gasteiger partial charge in [-0.15, -0.1) is 0 Å². The van der Waals surface area contributed by atoms with E-state index in [0.29, 0.717) is 5.56 Å². The molecule has 0 heterocycles. The Morgan fingerprint density at radius 2 is 1.85 bits per heavy atom. The molecule has 20 heavy (non-hydrogen) atoms. The van der Waals surface area contributed by atoms with Gasteiger partial charge in [-0.3, -0.25) is 10.1 Å². The number of hydrogen-bond acceptors (Lipinski definition) is 4. The number of phenolic OH excluding ortho intramolecular Hbond substituents is 1. The molecule has 0 fully saturated rings. The van der Waals surface area contributed by atoms with Crippen LogP contribution in [0.15, 0.2) is 36.4 Å². The Morgan fingerprint density at radius 3 is 2.35 bits per heavy atom. The lowest BCUT2D eigenvalue weighted by Gasteiger charge is -2.09. The molecule has 0 unspecified atom stereocenters. The number of rotatable bonds is 3. The number of aromatic hydroxyl groups is 1. The number of halogens is 1. The fourth-order valence-electron chi connectivity index (χ4n) is 1.85. The molecular weight excluding hydrogens is 286 g/mol. The van der Waals surface area contributed by atoms with Crippen molar-refractivity contribution >= 4 is 23.3 Å². The smallest absolute Gasteiger partial charge is 0.344 e. The Hall–Kier alpha value is -2.60. The summed E-state index contributed by atoms with van der Waals surface area (Å²) in [5, 5.41) is 29.7. The first-order valence-corrected chi connectivity index (χ1v) is 5.80. The molecular formula is C13H8ClNO5. The van der Waals surface area contributed by atoms with Gasteiger partial charge in [-0.05, 0) is 11.6 Å². The first-order valence-electron chi connectivity index (χ1n) is 5.42. The summed E-state index contributed by atoms with van der Waals surface area (Å²) < 4.78 is 0. The lowest BCUT2D eigenvalue weighted by atomic mass is 10.0. The highest BCUT2D eigenvalue weighted by molar-refractivity contribution is 6.34. The Balaban J connectivity index is 2.81. The second-order valence-electron chi connectivity index (χ2n) is 3.91. The first-order chi connectivity index (χ1) is 9.43. The van der Waals surface area contributed by atoms with Crippen molar-refractivity contribution in [2.45, 2.75) is 0 Å². The summed E-state index contributed by atoms with van der Waals surface area (Å²) in [6.07, 6.45) is 0. The molecule has 0 aromatic heterocycles. The lowest BCUT2D eigenvalue weighted by Crippen LogP contribution is -2.04. The van der Waals surface area contributed by atoms with E-state index in [9.17, 15) is 20.0 Å². The molecule has 0 bridgehead atoms. The van der Waals surface area contributed by atoms with Crippen molar-refractivity contribution in [2.24, 2.45) is 0 Å². The molecule has 7 heteroatoms. The van der Waals surface area contributed by atoms with Crippen LogP contribution in [0.5, 0.6) is 5.75 Å². The average molecular weight is 294 g/mol. The first kappa shape index (κ1) is 13.8. The summed E-state index contributed by atoms with van der Waals surface area (Å²) in [5.41, 5.74) is -1.04. The largest absolute Gasteiger partial charge is 0.502 e. The minimum atomic E-state index is -1.57. The van der Waals surface area contributed by atoms with Crippen LogP contribution in [0.2, 0.25) is 5.02 Å². The van der Waals surface area contributed by atoms with Crippen molar-refractivity contribution in [3.8, 4) is 16.9 Å². The predicted octanol–water partition coefficient (Wildman–Crippen LogP) is 3.32. The number of nitro benzene ring substituents is 1. The topological polar surface area (TPSA) is 101 Å². The summed E-state index contributed by atoms with van der Waals surface area (Å²) >= 11 is 5.80. The standard InChI is InChI=1S/C13H8ClNO5/c14-9-6-8(7-4-2-1-3-5-7)12(16)11(15(19)20)10(9)13(17)18/h1-6,16H,(H,17,18). The van der Waals surface area contributed by atoms with Gasteiger partial charge >= 0.3 is 11.7 Å². The van der Waals surface area contributed by atoms with Gasteiger partial charge in [0.2, 0.25) is 5.75 Å². The van der Waals surface area contributed by atoms with E-state index in [1.165, 1.54) is 6.07 Å². The molecule has 0 saturated carbocycles. The summed E-state index contributed by atoms with van der Waals surface area (Å²) in [6.45, 7) is 0. The Morgan fingerprint density at radius 1 is 1.25 bits per heavy atom. The van der Waals surface area contributed by atoms with Crippen molar-refractivity contribution in [1.82, 2.24) is 0 Å². The molecule has 6 nitrogen and oxygen atoms in total.